The molecule has 1 amide bonds. The number of hydrogen-bond donors (Lipinski definition) is 0. The Hall–Kier alpha value is -1.19. The fraction of sp³-hybridized carbons (Fsp3) is 0.357. The van der Waals surface area contributed by atoms with Crippen molar-refractivity contribution in [2.75, 3.05) is 19.7 Å². The quantitative estimate of drug-likeness (QED) is 0.748. The van der Waals surface area contributed by atoms with E-state index in [0.717, 1.165) is 5.57 Å². The van der Waals surface area contributed by atoms with E-state index in [4.69, 9.17) is 27.9 Å². The van der Waals surface area contributed by atoms with Gasteiger partial charge >= 0.3 is 0 Å². The number of amides is 1. The van der Waals surface area contributed by atoms with Gasteiger partial charge in [0, 0.05) is 24.2 Å². The molecular formula is C14H17Cl2NO2. The van der Waals surface area contributed by atoms with Gasteiger partial charge in [-0.2, -0.15) is 0 Å². The lowest BCUT2D eigenvalue weighted by atomic mass is 10.3. The lowest BCUT2D eigenvalue weighted by molar-refractivity contribution is -0.132. The van der Waals surface area contributed by atoms with Crippen LogP contribution in [0.3, 0.4) is 0 Å². The zero-order chi connectivity index (χ0) is 14.4. The molecule has 104 valence electrons. The number of carbonyl (C=O) groups is 1. The molecule has 3 nitrogen and oxygen atoms in total. The molecule has 0 fully saturated rings. The zero-order valence-corrected chi connectivity index (χ0v) is 12.6. The summed E-state index contributed by atoms with van der Waals surface area (Å²) in [6.45, 7) is 8.66. The van der Waals surface area contributed by atoms with Crippen LogP contribution in [0.4, 0.5) is 0 Å². The van der Waals surface area contributed by atoms with Crippen LogP contribution < -0.4 is 4.74 Å². The second-order valence-corrected chi connectivity index (χ2v) is 5.07. The molecule has 1 aromatic rings. The summed E-state index contributed by atoms with van der Waals surface area (Å²) in [5.41, 5.74) is 0.927. The minimum absolute atomic E-state index is 0.0683. The number of carbonyl (C=O) groups excluding carboxylic acids is 1. The van der Waals surface area contributed by atoms with E-state index < -0.39 is 0 Å². The van der Waals surface area contributed by atoms with Gasteiger partial charge < -0.3 is 9.64 Å². The molecule has 0 unspecified atom stereocenters. The van der Waals surface area contributed by atoms with Crippen molar-refractivity contribution >= 4 is 29.1 Å². The van der Waals surface area contributed by atoms with Crippen LogP contribution in [0.5, 0.6) is 5.75 Å². The molecule has 0 saturated carbocycles. The summed E-state index contributed by atoms with van der Waals surface area (Å²) in [6.07, 6.45) is 0. The van der Waals surface area contributed by atoms with Crippen LogP contribution in [0.2, 0.25) is 10.0 Å². The van der Waals surface area contributed by atoms with E-state index in [1.807, 2.05) is 13.8 Å². The Balaban J connectivity index is 2.62. The van der Waals surface area contributed by atoms with Crippen molar-refractivity contribution in [2.45, 2.75) is 13.8 Å². The lowest BCUT2D eigenvalue weighted by Crippen LogP contribution is -2.35. The van der Waals surface area contributed by atoms with Crippen LogP contribution in [-0.2, 0) is 4.79 Å². The first-order valence-electron chi connectivity index (χ1n) is 5.94. The van der Waals surface area contributed by atoms with Gasteiger partial charge in [-0.25, -0.2) is 0 Å². The van der Waals surface area contributed by atoms with Gasteiger partial charge in [-0.1, -0.05) is 35.4 Å². The summed E-state index contributed by atoms with van der Waals surface area (Å²) in [6, 6.07) is 4.89. The molecule has 0 N–H and O–H groups in total. The van der Waals surface area contributed by atoms with E-state index in [0.29, 0.717) is 28.9 Å². The van der Waals surface area contributed by atoms with Crippen LogP contribution in [0, 0.1) is 0 Å². The highest BCUT2D eigenvalue weighted by molar-refractivity contribution is 6.34. The summed E-state index contributed by atoms with van der Waals surface area (Å²) in [5.74, 6) is 0.301. The number of halogens is 2. The molecule has 5 heteroatoms. The van der Waals surface area contributed by atoms with Crippen molar-refractivity contribution < 1.29 is 9.53 Å². The molecule has 0 aliphatic heterocycles. The predicted molar refractivity (Wildman–Crippen MR) is 79.0 cm³/mol. The topological polar surface area (TPSA) is 29.5 Å². The second kappa shape index (κ2) is 7.41. The third kappa shape index (κ3) is 5.13. The standard InChI is InChI=1S/C14H17Cl2NO2/c1-4-17(8-10(2)3)14(18)9-19-13-7-11(15)5-6-12(13)16/h5-7H,2,4,8-9H2,1,3H3. The maximum atomic E-state index is 12.0. The maximum absolute atomic E-state index is 12.0. The first-order valence-corrected chi connectivity index (χ1v) is 6.69. The molecule has 0 bridgehead atoms. The molecular weight excluding hydrogens is 285 g/mol. The Morgan fingerprint density at radius 3 is 2.68 bits per heavy atom. The van der Waals surface area contributed by atoms with E-state index in [-0.39, 0.29) is 12.5 Å². The van der Waals surface area contributed by atoms with E-state index in [1.54, 1.807) is 23.1 Å². The minimum atomic E-state index is -0.110. The van der Waals surface area contributed by atoms with E-state index in [2.05, 4.69) is 6.58 Å². The van der Waals surface area contributed by atoms with Crippen molar-refractivity contribution in [3.05, 3.63) is 40.4 Å². The fourth-order valence-electron chi connectivity index (χ4n) is 1.52. The van der Waals surface area contributed by atoms with Crippen LogP contribution in [-0.4, -0.2) is 30.5 Å². The molecule has 1 aromatic carbocycles. The zero-order valence-electron chi connectivity index (χ0n) is 11.1. The molecule has 0 aliphatic rings. The van der Waals surface area contributed by atoms with Gasteiger partial charge in [-0.3, -0.25) is 4.79 Å². The summed E-state index contributed by atoms with van der Waals surface area (Å²) in [4.78, 5) is 13.6. The first-order chi connectivity index (χ1) is 8.93. The summed E-state index contributed by atoms with van der Waals surface area (Å²) in [7, 11) is 0. The van der Waals surface area contributed by atoms with E-state index in [1.165, 1.54) is 0 Å². The Bertz CT molecular complexity index is 475. The summed E-state index contributed by atoms with van der Waals surface area (Å²) in [5, 5.41) is 0.946. The monoisotopic (exact) mass is 301 g/mol. The minimum Gasteiger partial charge on any atom is -0.482 e. The lowest BCUT2D eigenvalue weighted by Gasteiger charge is -2.21. The maximum Gasteiger partial charge on any atom is 0.260 e. The van der Waals surface area contributed by atoms with E-state index in [9.17, 15) is 4.79 Å². The van der Waals surface area contributed by atoms with E-state index >= 15 is 0 Å². The molecule has 1 rings (SSSR count). The van der Waals surface area contributed by atoms with Gasteiger partial charge in [0.05, 0.1) is 5.02 Å². The van der Waals surface area contributed by atoms with Crippen molar-refractivity contribution in [1.82, 2.24) is 4.90 Å². The summed E-state index contributed by atoms with van der Waals surface area (Å²) < 4.78 is 5.41. The second-order valence-electron chi connectivity index (χ2n) is 4.23. The Morgan fingerprint density at radius 1 is 1.42 bits per heavy atom. The molecule has 0 aromatic heterocycles. The van der Waals surface area contributed by atoms with Crippen LogP contribution in [0.1, 0.15) is 13.8 Å². The smallest absolute Gasteiger partial charge is 0.260 e. The normalized spacial score (nSPS) is 10.1. The van der Waals surface area contributed by atoms with Crippen LogP contribution in [0.25, 0.3) is 0 Å². The fourth-order valence-corrected chi connectivity index (χ4v) is 1.85. The van der Waals surface area contributed by atoms with Crippen LogP contribution in [0.15, 0.2) is 30.4 Å². The van der Waals surface area contributed by atoms with Gasteiger partial charge in [-0.05, 0) is 26.0 Å². The largest absolute Gasteiger partial charge is 0.482 e. The summed E-state index contributed by atoms with van der Waals surface area (Å²) >= 11 is 11.8. The van der Waals surface area contributed by atoms with Crippen molar-refractivity contribution in [3.8, 4) is 5.75 Å². The molecule has 0 radical (unpaired) electrons. The van der Waals surface area contributed by atoms with Crippen molar-refractivity contribution in [2.24, 2.45) is 0 Å². The highest BCUT2D eigenvalue weighted by Crippen LogP contribution is 2.27. The molecule has 0 atom stereocenters. The highest BCUT2D eigenvalue weighted by atomic mass is 35.5. The third-order valence-electron chi connectivity index (χ3n) is 2.44. The molecule has 0 aliphatic carbocycles. The Kier molecular flexibility index (Phi) is 6.19. The predicted octanol–water partition coefficient (Wildman–Crippen LogP) is 3.80. The Labute approximate surface area is 123 Å². The number of rotatable bonds is 6. The molecule has 0 saturated heterocycles. The average molecular weight is 302 g/mol. The molecule has 0 spiro atoms. The van der Waals surface area contributed by atoms with Gasteiger partial charge in [0.2, 0.25) is 0 Å². The number of ether oxygens (including phenoxy) is 1. The van der Waals surface area contributed by atoms with Gasteiger partial charge in [0.15, 0.2) is 6.61 Å². The SMILES string of the molecule is C=C(C)CN(CC)C(=O)COc1cc(Cl)ccc1Cl. The number of hydrogen-bond acceptors (Lipinski definition) is 2. The molecule has 19 heavy (non-hydrogen) atoms. The average Bonchev–Trinajstić information content (AvgIpc) is 2.36. The number of nitrogens with zero attached hydrogens (tertiary/aromatic N) is 1. The number of likely N-dealkylation sites (N-methyl/N-ethyl adjacent to an activating group) is 1. The van der Waals surface area contributed by atoms with Gasteiger partial charge in [0.25, 0.3) is 5.91 Å². The Morgan fingerprint density at radius 2 is 2.11 bits per heavy atom. The number of benzene rings is 1. The highest BCUT2D eigenvalue weighted by Gasteiger charge is 2.13. The van der Waals surface area contributed by atoms with Crippen LogP contribution >= 0.6 is 23.2 Å². The third-order valence-corrected chi connectivity index (χ3v) is 2.99. The van der Waals surface area contributed by atoms with Gasteiger partial charge in [-0.15, -0.1) is 0 Å². The van der Waals surface area contributed by atoms with Crippen molar-refractivity contribution in [1.29, 1.82) is 0 Å². The molecule has 0 heterocycles. The van der Waals surface area contributed by atoms with Crippen molar-refractivity contribution in [3.63, 3.8) is 0 Å². The van der Waals surface area contributed by atoms with Gasteiger partial charge in [0.1, 0.15) is 5.75 Å². The first kappa shape index (κ1) is 15.9.